The second-order valence-electron chi connectivity index (χ2n) is 4.21. The van der Waals surface area contributed by atoms with Crippen LogP contribution in [0.4, 0.5) is 0 Å². The maximum atomic E-state index is 11.4. The van der Waals surface area contributed by atoms with Crippen molar-refractivity contribution in [3.8, 4) is 0 Å². The van der Waals surface area contributed by atoms with E-state index < -0.39 is 0 Å². The van der Waals surface area contributed by atoms with E-state index in [1.165, 1.54) is 12.7 Å². The lowest BCUT2D eigenvalue weighted by Gasteiger charge is -2.28. The van der Waals surface area contributed by atoms with Crippen molar-refractivity contribution < 1.29 is 9.53 Å². The van der Waals surface area contributed by atoms with Gasteiger partial charge >= 0.3 is 5.97 Å². The summed E-state index contributed by atoms with van der Waals surface area (Å²) < 4.78 is 4.74. The van der Waals surface area contributed by atoms with Gasteiger partial charge in [-0.2, -0.15) is 0 Å². The molecule has 0 radical (unpaired) electrons. The summed E-state index contributed by atoms with van der Waals surface area (Å²) in [5.41, 5.74) is 1.20. The van der Waals surface area contributed by atoms with Crippen molar-refractivity contribution in [1.29, 1.82) is 0 Å². The van der Waals surface area contributed by atoms with Gasteiger partial charge in [0.25, 0.3) is 0 Å². The van der Waals surface area contributed by atoms with E-state index >= 15 is 0 Å². The third kappa shape index (κ3) is 4.34. The summed E-state index contributed by atoms with van der Waals surface area (Å²) in [5.74, 6) is -0.207. The number of nitrogens with zero attached hydrogens (tertiary/aromatic N) is 1. The zero-order chi connectivity index (χ0) is 13.4. The molecular weight excluding hydrogens is 226 g/mol. The fraction of sp³-hybridized carbons (Fsp3) is 0.400. The highest BCUT2D eigenvalue weighted by Crippen LogP contribution is 2.19. The normalized spacial score (nSPS) is 12.2. The Morgan fingerprint density at radius 3 is 2.67 bits per heavy atom. The highest BCUT2D eigenvalue weighted by atomic mass is 16.5. The van der Waals surface area contributed by atoms with Crippen molar-refractivity contribution in [2.75, 3.05) is 20.2 Å². The van der Waals surface area contributed by atoms with Crippen molar-refractivity contribution in [3.63, 3.8) is 0 Å². The molecule has 3 nitrogen and oxygen atoms in total. The van der Waals surface area contributed by atoms with Gasteiger partial charge in [-0.05, 0) is 18.9 Å². The Morgan fingerprint density at radius 1 is 1.44 bits per heavy atom. The van der Waals surface area contributed by atoms with Gasteiger partial charge in [-0.25, -0.2) is 0 Å². The van der Waals surface area contributed by atoms with Crippen LogP contribution in [0.1, 0.15) is 24.9 Å². The Kier molecular flexibility index (Phi) is 6.15. The fourth-order valence-corrected chi connectivity index (χ4v) is 1.84. The quantitative estimate of drug-likeness (QED) is 0.548. The molecule has 0 aromatic heterocycles. The Hall–Kier alpha value is -1.61. The van der Waals surface area contributed by atoms with Crippen LogP contribution < -0.4 is 0 Å². The van der Waals surface area contributed by atoms with Crippen molar-refractivity contribution in [2.24, 2.45) is 0 Å². The van der Waals surface area contributed by atoms with E-state index in [1.807, 2.05) is 24.3 Å². The molecule has 1 aromatic rings. The molecule has 0 spiro atoms. The zero-order valence-electron chi connectivity index (χ0n) is 11.1. The number of ether oxygens (including phenoxy) is 1. The molecule has 0 aliphatic heterocycles. The van der Waals surface area contributed by atoms with Crippen molar-refractivity contribution >= 4 is 5.97 Å². The summed E-state index contributed by atoms with van der Waals surface area (Å²) in [4.78, 5) is 13.5. The summed E-state index contributed by atoms with van der Waals surface area (Å²) >= 11 is 0. The van der Waals surface area contributed by atoms with Gasteiger partial charge in [-0.3, -0.25) is 9.69 Å². The van der Waals surface area contributed by atoms with Crippen LogP contribution in [0.25, 0.3) is 0 Å². The summed E-state index contributed by atoms with van der Waals surface area (Å²) in [7, 11) is 1.42. The molecule has 0 amide bonds. The number of carbonyl (C=O) groups excluding carboxylic acids is 1. The van der Waals surface area contributed by atoms with E-state index in [2.05, 4.69) is 30.5 Å². The zero-order valence-corrected chi connectivity index (χ0v) is 11.1. The molecule has 0 saturated carbocycles. The molecule has 1 rings (SSSR count). The number of methoxy groups -OCH3 is 1. The third-order valence-electron chi connectivity index (χ3n) is 3.01. The Labute approximate surface area is 109 Å². The average molecular weight is 247 g/mol. The van der Waals surface area contributed by atoms with Gasteiger partial charge in [-0.1, -0.05) is 36.4 Å². The standard InChI is InChI=1S/C15H21NO2/c1-4-5-11-16(12-15(17)18-3)13(2)14-9-7-6-8-10-14/h4,6-10,13H,1,5,11-12H2,2-3H3/t13-/m1/s1. The van der Waals surface area contributed by atoms with E-state index in [1.54, 1.807) is 0 Å². The predicted molar refractivity (Wildman–Crippen MR) is 73.3 cm³/mol. The first-order valence-corrected chi connectivity index (χ1v) is 6.15. The number of hydrogen-bond acceptors (Lipinski definition) is 3. The SMILES string of the molecule is C=CCCN(CC(=O)OC)[C@H](C)c1ccccc1. The van der Waals surface area contributed by atoms with Gasteiger partial charge in [0.2, 0.25) is 0 Å². The maximum absolute atomic E-state index is 11.4. The van der Waals surface area contributed by atoms with E-state index in [9.17, 15) is 4.79 Å². The summed E-state index contributed by atoms with van der Waals surface area (Å²) in [5, 5.41) is 0. The molecule has 0 aliphatic rings. The Morgan fingerprint density at radius 2 is 2.11 bits per heavy atom. The summed E-state index contributed by atoms with van der Waals surface area (Å²) in [6, 6.07) is 10.3. The highest BCUT2D eigenvalue weighted by molar-refractivity contribution is 5.71. The van der Waals surface area contributed by atoms with E-state index in [4.69, 9.17) is 4.74 Å². The number of hydrogen-bond donors (Lipinski definition) is 0. The first kappa shape index (κ1) is 14.5. The Balaban J connectivity index is 2.74. The van der Waals surface area contributed by atoms with Gasteiger partial charge in [0.1, 0.15) is 0 Å². The maximum Gasteiger partial charge on any atom is 0.319 e. The fourth-order valence-electron chi connectivity index (χ4n) is 1.84. The van der Waals surface area contributed by atoms with Crippen LogP contribution >= 0.6 is 0 Å². The molecule has 0 fully saturated rings. The molecule has 3 heteroatoms. The lowest BCUT2D eigenvalue weighted by atomic mass is 10.1. The number of carbonyl (C=O) groups is 1. The van der Waals surface area contributed by atoms with Crippen LogP contribution in [0, 0.1) is 0 Å². The lowest BCUT2D eigenvalue weighted by Crippen LogP contribution is -2.33. The minimum Gasteiger partial charge on any atom is -0.468 e. The first-order valence-electron chi connectivity index (χ1n) is 6.15. The molecule has 0 unspecified atom stereocenters. The van der Waals surface area contributed by atoms with Crippen LogP contribution in [0.2, 0.25) is 0 Å². The largest absolute Gasteiger partial charge is 0.468 e. The molecule has 0 aliphatic carbocycles. The molecule has 0 saturated heterocycles. The van der Waals surface area contributed by atoms with Crippen LogP contribution in [0.15, 0.2) is 43.0 Å². The van der Waals surface area contributed by atoms with Gasteiger partial charge in [0.15, 0.2) is 0 Å². The molecule has 0 heterocycles. The number of rotatable bonds is 7. The van der Waals surface area contributed by atoms with Crippen LogP contribution in [0.3, 0.4) is 0 Å². The van der Waals surface area contributed by atoms with Gasteiger partial charge < -0.3 is 4.74 Å². The van der Waals surface area contributed by atoms with Crippen LogP contribution in [-0.4, -0.2) is 31.1 Å². The second kappa shape index (κ2) is 7.67. The van der Waals surface area contributed by atoms with E-state index in [0.29, 0.717) is 6.54 Å². The first-order chi connectivity index (χ1) is 8.69. The summed E-state index contributed by atoms with van der Waals surface area (Å²) in [6.45, 7) is 6.93. The number of esters is 1. The Bertz CT molecular complexity index is 375. The molecule has 18 heavy (non-hydrogen) atoms. The lowest BCUT2D eigenvalue weighted by molar-refractivity contribution is -0.142. The molecular formula is C15H21NO2. The third-order valence-corrected chi connectivity index (χ3v) is 3.01. The predicted octanol–water partition coefficient (Wildman–Crippen LogP) is 2.80. The summed E-state index contributed by atoms with van der Waals surface area (Å²) in [6.07, 6.45) is 2.72. The highest BCUT2D eigenvalue weighted by Gasteiger charge is 2.18. The molecule has 1 atom stereocenters. The van der Waals surface area contributed by atoms with Crippen molar-refractivity contribution in [2.45, 2.75) is 19.4 Å². The van der Waals surface area contributed by atoms with Crippen LogP contribution in [0.5, 0.6) is 0 Å². The molecule has 98 valence electrons. The second-order valence-corrected chi connectivity index (χ2v) is 4.21. The van der Waals surface area contributed by atoms with Gasteiger partial charge in [-0.15, -0.1) is 6.58 Å². The monoisotopic (exact) mass is 247 g/mol. The van der Waals surface area contributed by atoms with Gasteiger partial charge in [0, 0.05) is 12.6 Å². The van der Waals surface area contributed by atoms with E-state index in [0.717, 1.165) is 13.0 Å². The molecule has 0 N–H and O–H groups in total. The smallest absolute Gasteiger partial charge is 0.319 e. The minimum atomic E-state index is -0.207. The topological polar surface area (TPSA) is 29.5 Å². The van der Waals surface area contributed by atoms with Crippen molar-refractivity contribution in [1.82, 2.24) is 4.90 Å². The molecule has 0 bridgehead atoms. The minimum absolute atomic E-state index is 0.185. The molecule has 1 aromatic carbocycles. The van der Waals surface area contributed by atoms with E-state index in [-0.39, 0.29) is 12.0 Å². The van der Waals surface area contributed by atoms with Gasteiger partial charge in [0.05, 0.1) is 13.7 Å². The average Bonchev–Trinajstić information content (AvgIpc) is 2.43. The van der Waals surface area contributed by atoms with Crippen molar-refractivity contribution in [3.05, 3.63) is 48.6 Å². The number of benzene rings is 1. The van der Waals surface area contributed by atoms with Crippen LogP contribution in [-0.2, 0) is 9.53 Å².